The van der Waals surface area contributed by atoms with Gasteiger partial charge in [0.25, 0.3) is 0 Å². The van der Waals surface area contributed by atoms with Crippen molar-refractivity contribution < 1.29 is 14.2 Å². The SMILES string of the molecule is C=C(CC1CC[C@@H](N(CC2CCCCC2)CC2CCCCC2)C(c2ccc(C3CCCCC3)cc2)C1)OCC.CC.CCOCCC1CC[C@@H](N(CC2CCCCC2)CC2CCCCC2)C(c2ccc(C3CCOCC3)cc2)C1. The van der Waals surface area contributed by atoms with E-state index in [0.717, 1.165) is 86.8 Å². The summed E-state index contributed by atoms with van der Waals surface area (Å²) in [5.74, 6) is 9.03. The van der Waals surface area contributed by atoms with Gasteiger partial charge in [-0.05, 0) is 217 Å². The summed E-state index contributed by atoms with van der Waals surface area (Å²) in [5, 5.41) is 0. The molecule has 4 unspecified atom stereocenters. The summed E-state index contributed by atoms with van der Waals surface area (Å²) in [6.07, 6.45) is 49.0. The number of hydrogen-bond donors (Lipinski definition) is 0. The van der Waals surface area contributed by atoms with E-state index in [4.69, 9.17) is 14.2 Å². The molecule has 5 nitrogen and oxygen atoms in total. The van der Waals surface area contributed by atoms with Gasteiger partial charge in [0.1, 0.15) is 0 Å². The molecule has 1 aliphatic heterocycles. The second-order valence-electron chi connectivity index (χ2n) is 27.3. The van der Waals surface area contributed by atoms with E-state index < -0.39 is 0 Å². The molecule has 7 aliphatic carbocycles. The van der Waals surface area contributed by atoms with Crippen LogP contribution in [0.3, 0.4) is 0 Å². The predicted octanol–water partition coefficient (Wildman–Crippen LogP) is 20.1. The predicted molar refractivity (Wildman–Crippen MR) is 337 cm³/mol. The molecule has 0 spiro atoms. The summed E-state index contributed by atoms with van der Waals surface area (Å²) < 4.78 is 17.3. The highest BCUT2D eigenvalue weighted by Crippen LogP contribution is 2.46. The van der Waals surface area contributed by atoms with Crippen molar-refractivity contribution in [1.29, 1.82) is 0 Å². The van der Waals surface area contributed by atoms with Crippen molar-refractivity contribution in [2.24, 2.45) is 35.5 Å². The van der Waals surface area contributed by atoms with Crippen LogP contribution in [0.2, 0.25) is 0 Å². The smallest absolute Gasteiger partial charge is 0.0890 e. The molecule has 8 fully saturated rings. The van der Waals surface area contributed by atoms with Gasteiger partial charge in [-0.1, -0.05) is 165 Å². The Labute approximate surface area is 487 Å². The van der Waals surface area contributed by atoms with Crippen LogP contribution in [0.15, 0.2) is 60.9 Å². The van der Waals surface area contributed by atoms with Gasteiger partial charge in [0.05, 0.1) is 12.4 Å². The molecular weight excluding hydrogens is 965 g/mol. The van der Waals surface area contributed by atoms with E-state index in [1.54, 1.807) is 22.3 Å². The first-order valence-corrected chi connectivity index (χ1v) is 35.1. The van der Waals surface area contributed by atoms with Gasteiger partial charge >= 0.3 is 0 Å². The summed E-state index contributed by atoms with van der Waals surface area (Å²) in [6, 6.07) is 21.6. The fourth-order valence-corrected chi connectivity index (χ4v) is 17.5. The lowest BCUT2D eigenvalue weighted by Gasteiger charge is -2.46. The van der Waals surface area contributed by atoms with Crippen molar-refractivity contribution in [3.05, 3.63) is 83.1 Å². The first kappa shape index (κ1) is 62.9. The van der Waals surface area contributed by atoms with E-state index in [-0.39, 0.29) is 0 Å². The van der Waals surface area contributed by atoms with Crippen molar-refractivity contribution >= 4 is 0 Å². The van der Waals surface area contributed by atoms with Gasteiger partial charge in [-0.3, -0.25) is 9.80 Å². The first-order valence-electron chi connectivity index (χ1n) is 35.1. The van der Waals surface area contributed by atoms with Crippen LogP contribution in [0.25, 0.3) is 0 Å². The third-order valence-electron chi connectivity index (χ3n) is 21.9. The molecule has 0 bridgehead atoms. The van der Waals surface area contributed by atoms with E-state index in [2.05, 4.69) is 78.8 Å². The Morgan fingerprint density at radius 3 is 1.20 bits per heavy atom. The fraction of sp³-hybridized carbons (Fsp3) is 0.811. The van der Waals surface area contributed by atoms with Gasteiger partial charge in [0.2, 0.25) is 0 Å². The van der Waals surface area contributed by atoms with Crippen LogP contribution in [0.5, 0.6) is 0 Å². The topological polar surface area (TPSA) is 34.2 Å². The number of hydrogen-bond acceptors (Lipinski definition) is 5. The average molecular weight is 1090 g/mol. The maximum atomic E-state index is 5.84. The molecule has 0 N–H and O–H groups in total. The highest BCUT2D eigenvalue weighted by atomic mass is 16.5. The Bertz CT molecular complexity index is 1860. The fourth-order valence-electron chi connectivity index (χ4n) is 17.5. The molecule has 0 aromatic heterocycles. The number of ether oxygens (including phenoxy) is 3. The zero-order chi connectivity index (χ0) is 54.9. The zero-order valence-electron chi connectivity index (χ0n) is 52.0. The zero-order valence-corrected chi connectivity index (χ0v) is 52.0. The van der Waals surface area contributed by atoms with E-state index in [9.17, 15) is 0 Å². The molecule has 2 aromatic carbocycles. The van der Waals surface area contributed by atoms with Crippen LogP contribution in [-0.4, -0.2) is 81.1 Å². The molecule has 1 heterocycles. The lowest BCUT2D eigenvalue weighted by atomic mass is 9.72. The Hall–Kier alpha value is -2.18. The maximum absolute atomic E-state index is 5.84. The number of rotatable bonds is 22. The molecule has 446 valence electrons. The van der Waals surface area contributed by atoms with Gasteiger partial charge in [0.15, 0.2) is 0 Å². The maximum Gasteiger partial charge on any atom is 0.0890 e. The third kappa shape index (κ3) is 20.0. The first-order chi connectivity index (χ1) is 39.0. The van der Waals surface area contributed by atoms with E-state index in [1.165, 1.54) is 244 Å². The molecule has 0 radical (unpaired) electrons. The molecule has 2 aromatic rings. The van der Waals surface area contributed by atoms with Crippen molar-refractivity contribution in [1.82, 2.24) is 9.80 Å². The van der Waals surface area contributed by atoms with Crippen LogP contribution in [0.1, 0.15) is 298 Å². The second-order valence-corrected chi connectivity index (χ2v) is 27.3. The lowest BCUT2D eigenvalue weighted by molar-refractivity contribution is 0.0586. The molecule has 5 heteroatoms. The van der Waals surface area contributed by atoms with Crippen LogP contribution in [-0.2, 0) is 14.2 Å². The minimum absolute atomic E-state index is 0.644. The summed E-state index contributed by atoms with van der Waals surface area (Å²) >= 11 is 0. The van der Waals surface area contributed by atoms with Gasteiger partial charge < -0.3 is 14.2 Å². The van der Waals surface area contributed by atoms with Crippen LogP contribution in [0.4, 0.5) is 0 Å². The van der Waals surface area contributed by atoms with E-state index in [0.29, 0.717) is 29.7 Å². The monoisotopic (exact) mass is 1090 g/mol. The van der Waals surface area contributed by atoms with Crippen molar-refractivity contribution in [2.45, 2.75) is 288 Å². The molecule has 6 atom stereocenters. The Kier molecular flexibility index (Phi) is 28.0. The quantitative estimate of drug-likeness (QED) is 0.0867. The number of nitrogens with zero attached hydrogens (tertiary/aromatic N) is 2. The largest absolute Gasteiger partial charge is 0.499 e. The molecular formula is C74H122N2O3. The van der Waals surface area contributed by atoms with Crippen LogP contribution in [0, 0.1) is 35.5 Å². The van der Waals surface area contributed by atoms with Crippen molar-refractivity contribution in [2.75, 3.05) is 59.2 Å². The molecule has 1 saturated heterocycles. The van der Waals surface area contributed by atoms with Gasteiger partial charge in [-0.2, -0.15) is 0 Å². The Morgan fingerprint density at radius 2 is 0.797 bits per heavy atom. The van der Waals surface area contributed by atoms with Crippen LogP contribution >= 0.6 is 0 Å². The van der Waals surface area contributed by atoms with Crippen molar-refractivity contribution in [3.63, 3.8) is 0 Å². The number of allylic oxidation sites excluding steroid dienone is 1. The van der Waals surface area contributed by atoms with Crippen molar-refractivity contribution in [3.8, 4) is 0 Å². The summed E-state index contributed by atoms with van der Waals surface area (Å²) in [5.41, 5.74) is 6.37. The normalized spacial score (nSPS) is 27.7. The Balaban J connectivity index is 0.000000202. The van der Waals surface area contributed by atoms with E-state index in [1.807, 2.05) is 13.8 Å². The number of benzene rings is 2. The average Bonchev–Trinajstić information content (AvgIpc) is 3.56. The highest BCUT2D eigenvalue weighted by Gasteiger charge is 2.39. The highest BCUT2D eigenvalue weighted by molar-refractivity contribution is 5.31. The molecule has 0 amide bonds. The van der Waals surface area contributed by atoms with Gasteiger partial charge in [0, 0.05) is 71.1 Å². The lowest BCUT2D eigenvalue weighted by Crippen LogP contribution is -2.47. The van der Waals surface area contributed by atoms with Gasteiger partial charge in [-0.25, -0.2) is 0 Å². The summed E-state index contributed by atoms with van der Waals surface area (Å²) in [4.78, 5) is 6.14. The molecule has 7 saturated carbocycles. The van der Waals surface area contributed by atoms with Gasteiger partial charge in [-0.15, -0.1) is 0 Å². The van der Waals surface area contributed by atoms with Crippen LogP contribution < -0.4 is 0 Å². The molecule has 79 heavy (non-hydrogen) atoms. The third-order valence-corrected chi connectivity index (χ3v) is 21.9. The minimum Gasteiger partial charge on any atom is -0.499 e. The summed E-state index contributed by atoms with van der Waals surface area (Å²) in [6.45, 7) is 22.3. The Morgan fingerprint density at radius 1 is 0.430 bits per heavy atom. The molecule has 10 rings (SSSR count). The molecule has 8 aliphatic rings. The van der Waals surface area contributed by atoms with E-state index >= 15 is 0 Å². The summed E-state index contributed by atoms with van der Waals surface area (Å²) in [7, 11) is 0. The standard InChI is InChI=1S/C37H59NO.C35H57NO2.C2H6/c1-3-39-29(2)25-32-19-24-37(36(26-32)35-22-20-34(21-23-35)33-17-11-6-12-18-33)38(27-30-13-7-4-8-14-30)28-31-15-9-5-10-16-31;1-2-37-22-19-28-13-18-35(34(25-28)33-16-14-31(15-17-33)32-20-23-38-24-21-32)36(26-29-9-5-3-6-10-29)27-30-11-7-4-8-12-30;1-2/h20-23,30-33,36-37H,2-19,24-28H2,1H3;14-17,28-30,32,34-35H,2-13,18-27H2,1H3;1-2H3/t32?,36?,37-;28?,34?,35-;/m11./s1. The minimum atomic E-state index is 0.644. The second kappa shape index (κ2) is 35.2.